The number of anilines is 1. The van der Waals surface area contributed by atoms with Gasteiger partial charge in [0.1, 0.15) is 11.9 Å². The van der Waals surface area contributed by atoms with Gasteiger partial charge in [-0.25, -0.2) is 9.82 Å². The Morgan fingerprint density at radius 3 is 2.00 bits per heavy atom. The van der Waals surface area contributed by atoms with Gasteiger partial charge >= 0.3 is 0 Å². The second-order valence-electron chi connectivity index (χ2n) is 5.80. The number of carbonyl (C=O) groups is 2. The molecule has 0 saturated heterocycles. The van der Waals surface area contributed by atoms with Crippen LogP contribution in [0.4, 0.5) is 10.1 Å². The van der Waals surface area contributed by atoms with Crippen molar-refractivity contribution < 1.29 is 14.0 Å². The Balaban J connectivity index is 1.74. The van der Waals surface area contributed by atoms with Crippen molar-refractivity contribution in [3.05, 3.63) is 102 Å². The van der Waals surface area contributed by atoms with Crippen LogP contribution in [0, 0.1) is 5.82 Å². The van der Waals surface area contributed by atoms with E-state index >= 15 is 0 Å². The Labute approximate surface area is 156 Å². The molecule has 0 aromatic heterocycles. The molecular formula is C21H18FN3O2. The van der Waals surface area contributed by atoms with Crippen LogP contribution in [0.2, 0.25) is 0 Å². The van der Waals surface area contributed by atoms with Gasteiger partial charge in [-0.3, -0.25) is 15.0 Å². The number of carbonyl (C=O) groups excluding carboxylic acids is 2. The van der Waals surface area contributed by atoms with E-state index in [-0.39, 0.29) is 17.6 Å². The van der Waals surface area contributed by atoms with Crippen LogP contribution >= 0.6 is 0 Å². The molecule has 3 aromatic carbocycles. The van der Waals surface area contributed by atoms with Crippen molar-refractivity contribution in [1.29, 1.82) is 0 Å². The van der Waals surface area contributed by atoms with Gasteiger partial charge in [-0.05, 0) is 42.0 Å². The summed E-state index contributed by atoms with van der Waals surface area (Å²) >= 11 is 0. The summed E-state index contributed by atoms with van der Waals surface area (Å²) < 4.78 is 13.0. The van der Waals surface area contributed by atoms with E-state index in [2.05, 4.69) is 16.2 Å². The highest BCUT2D eigenvalue weighted by Gasteiger charge is 2.21. The summed E-state index contributed by atoms with van der Waals surface area (Å²) in [6.45, 7) is 0. The Hall–Kier alpha value is -3.51. The van der Waals surface area contributed by atoms with Gasteiger partial charge in [0.25, 0.3) is 5.91 Å². The average Bonchev–Trinajstić information content (AvgIpc) is 2.71. The third-order valence-electron chi connectivity index (χ3n) is 3.87. The Morgan fingerprint density at radius 1 is 0.778 bits per heavy atom. The monoisotopic (exact) mass is 363 g/mol. The number of hydrogen-bond acceptors (Lipinski definition) is 3. The quantitative estimate of drug-likeness (QED) is 0.588. The predicted octanol–water partition coefficient (Wildman–Crippen LogP) is 3.44. The van der Waals surface area contributed by atoms with Crippen LogP contribution in [0.15, 0.2) is 84.9 Å². The molecule has 3 rings (SSSR count). The second kappa shape index (κ2) is 8.73. The van der Waals surface area contributed by atoms with Crippen molar-refractivity contribution in [1.82, 2.24) is 10.9 Å². The lowest BCUT2D eigenvalue weighted by Gasteiger charge is -2.19. The molecule has 0 radical (unpaired) electrons. The molecule has 136 valence electrons. The van der Waals surface area contributed by atoms with E-state index in [1.807, 2.05) is 12.1 Å². The maximum Gasteiger partial charge on any atom is 0.265 e. The summed E-state index contributed by atoms with van der Waals surface area (Å²) in [5.41, 5.74) is 6.94. The van der Waals surface area contributed by atoms with Gasteiger partial charge < -0.3 is 5.32 Å². The number of benzene rings is 3. The Morgan fingerprint density at radius 2 is 1.37 bits per heavy atom. The van der Waals surface area contributed by atoms with E-state index in [4.69, 9.17) is 0 Å². The largest absolute Gasteiger partial charge is 0.324 e. The van der Waals surface area contributed by atoms with Crippen LogP contribution in [0.5, 0.6) is 0 Å². The third-order valence-corrected chi connectivity index (χ3v) is 3.87. The fourth-order valence-corrected chi connectivity index (χ4v) is 2.49. The lowest BCUT2D eigenvalue weighted by atomic mass is 10.1. The summed E-state index contributed by atoms with van der Waals surface area (Å²) in [6, 6.07) is 22.3. The van der Waals surface area contributed by atoms with Gasteiger partial charge in [0.2, 0.25) is 5.91 Å². The lowest BCUT2D eigenvalue weighted by Crippen LogP contribution is -2.44. The van der Waals surface area contributed by atoms with Gasteiger partial charge in [-0.15, -0.1) is 0 Å². The van der Waals surface area contributed by atoms with E-state index in [9.17, 15) is 14.0 Å². The molecule has 1 unspecified atom stereocenters. The van der Waals surface area contributed by atoms with Crippen LogP contribution in [0.3, 0.4) is 0 Å². The first-order chi connectivity index (χ1) is 13.1. The number of hydrogen-bond donors (Lipinski definition) is 3. The van der Waals surface area contributed by atoms with Crippen molar-refractivity contribution in [2.45, 2.75) is 6.04 Å². The van der Waals surface area contributed by atoms with Gasteiger partial charge in [0.05, 0.1) is 0 Å². The highest BCUT2D eigenvalue weighted by molar-refractivity contribution is 5.97. The number of rotatable bonds is 6. The van der Waals surface area contributed by atoms with E-state index in [0.29, 0.717) is 16.8 Å². The number of hydrazine groups is 1. The summed E-state index contributed by atoms with van der Waals surface area (Å²) in [5, 5.41) is 2.71. The standard InChI is InChI=1S/C21H18FN3O2/c22-17-11-13-18(14-12-17)23-21(27)19(15-7-3-1-4-8-15)24-25-20(26)16-9-5-2-6-10-16/h1-14,19,24H,(H,23,27)(H,25,26). The first-order valence-electron chi connectivity index (χ1n) is 8.36. The molecule has 3 N–H and O–H groups in total. The number of nitrogens with one attached hydrogen (secondary N) is 3. The van der Waals surface area contributed by atoms with Gasteiger partial charge in [-0.2, -0.15) is 0 Å². The molecule has 5 nitrogen and oxygen atoms in total. The van der Waals surface area contributed by atoms with E-state index in [0.717, 1.165) is 0 Å². The molecule has 0 aliphatic carbocycles. The van der Waals surface area contributed by atoms with Crippen LogP contribution in [-0.2, 0) is 4.79 Å². The highest BCUT2D eigenvalue weighted by Crippen LogP contribution is 2.16. The molecule has 0 fully saturated rings. The van der Waals surface area contributed by atoms with Gasteiger partial charge in [-0.1, -0.05) is 48.5 Å². The topological polar surface area (TPSA) is 70.2 Å². The van der Waals surface area contributed by atoms with Crippen LogP contribution in [0.25, 0.3) is 0 Å². The summed E-state index contributed by atoms with van der Waals surface area (Å²) in [7, 11) is 0. The van der Waals surface area contributed by atoms with Crippen molar-refractivity contribution >= 4 is 17.5 Å². The molecule has 0 bridgehead atoms. The summed E-state index contributed by atoms with van der Waals surface area (Å²) in [6.07, 6.45) is 0. The average molecular weight is 363 g/mol. The molecule has 27 heavy (non-hydrogen) atoms. The van der Waals surface area contributed by atoms with Crippen molar-refractivity contribution in [2.75, 3.05) is 5.32 Å². The second-order valence-corrected chi connectivity index (χ2v) is 5.80. The lowest BCUT2D eigenvalue weighted by molar-refractivity contribution is -0.118. The Kier molecular flexibility index (Phi) is 5.91. The summed E-state index contributed by atoms with van der Waals surface area (Å²) in [5.74, 6) is -1.13. The number of halogens is 1. The van der Waals surface area contributed by atoms with Crippen molar-refractivity contribution in [3.8, 4) is 0 Å². The fraction of sp³-hybridized carbons (Fsp3) is 0.0476. The molecule has 1 atom stereocenters. The Bertz CT molecular complexity index is 900. The van der Waals surface area contributed by atoms with E-state index < -0.39 is 6.04 Å². The zero-order valence-corrected chi connectivity index (χ0v) is 14.4. The van der Waals surface area contributed by atoms with Crippen LogP contribution in [-0.4, -0.2) is 11.8 Å². The molecule has 0 spiro atoms. The highest BCUT2D eigenvalue weighted by atomic mass is 19.1. The molecule has 2 amide bonds. The van der Waals surface area contributed by atoms with E-state index in [1.54, 1.807) is 48.5 Å². The molecule has 0 heterocycles. The van der Waals surface area contributed by atoms with Gasteiger partial charge in [0.15, 0.2) is 0 Å². The minimum absolute atomic E-state index is 0.355. The first kappa shape index (κ1) is 18.3. The molecule has 3 aromatic rings. The van der Waals surface area contributed by atoms with E-state index in [1.165, 1.54) is 24.3 Å². The maximum atomic E-state index is 13.0. The van der Waals surface area contributed by atoms with Crippen LogP contribution in [0.1, 0.15) is 22.0 Å². The third kappa shape index (κ3) is 4.99. The SMILES string of the molecule is O=C(NNC(C(=O)Nc1ccc(F)cc1)c1ccccc1)c1ccccc1. The first-order valence-corrected chi connectivity index (χ1v) is 8.36. The van der Waals surface area contributed by atoms with Crippen molar-refractivity contribution in [2.24, 2.45) is 0 Å². The molecule has 6 heteroatoms. The molecule has 0 saturated carbocycles. The molecular weight excluding hydrogens is 345 g/mol. The normalized spacial score (nSPS) is 11.4. The summed E-state index contributed by atoms with van der Waals surface area (Å²) in [4.78, 5) is 25.0. The van der Waals surface area contributed by atoms with Crippen molar-refractivity contribution in [3.63, 3.8) is 0 Å². The van der Waals surface area contributed by atoms with Gasteiger partial charge in [0, 0.05) is 11.3 Å². The molecule has 0 aliphatic heterocycles. The smallest absolute Gasteiger partial charge is 0.265 e. The minimum Gasteiger partial charge on any atom is -0.324 e. The zero-order chi connectivity index (χ0) is 19.1. The number of amides is 2. The maximum absolute atomic E-state index is 13.0. The van der Waals surface area contributed by atoms with Crippen LogP contribution < -0.4 is 16.2 Å². The fourth-order valence-electron chi connectivity index (χ4n) is 2.49. The zero-order valence-electron chi connectivity index (χ0n) is 14.4. The minimum atomic E-state index is -0.830. The predicted molar refractivity (Wildman–Crippen MR) is 101 cm³/mol. The molecule has 0 aliphatic rings.